The molecule has 0 aliphatic carbocycles. The number of nitrogens with zero attached hydrogens (tertiary/aromatic N) is 1. The zero-order valence-electron chi connectivity index (χ0n) is 15.2. The third kappa shape index (κ3) is 5.10. The van der Waals surface area contributed by atoms with Gasteiger partial charge in [0, 0.05) is 39.9 Å². The van der Waals surface area contributed by atoms with Crippen molar-refractivity contribution >= 4 is 40.6 Å². The molecule has 0 aromatic heterocycles. The van der Waals surface area contributed by atoms with Gasteiger partial charge in [0.2, 0.25) is 5.91 Å². The molecular weight excluding hydrogens is 383 g/mol. The molecule has 3 rings (SSSR count). The average Bonchev–Trinajstić information content (AvgIpc) is 2.65. The normalized spacial score (nSPS) is 17.5. The highest BCUT2D eigenvalue weighted by atomic mass is 35.5. The van der Waals surface area contributed by atoms with Gasteiger partial charge in [-0.25, -0.2) is 0 Å². The largest absolute Gasteiger partial charge is 0.326 e. The minimum Gasteiger partial charge on any atom is -0.326 e. The van der Waals surface area contributed by atoms with Gasteiger partial charge in [-0.3, -0.25) is 14.5 Å². The summed E-state index contributed by atoms with van der Waals surface area (Å²) in [6.07, 6.45) is 1.78. The third-order valence-corrected chi connectivity index (χ3v) is 5.56. The topological polar surface area (TPSA) is 49.4 Å². The van der Waals surface area contributed by atoms with Gasteiger partial charge in [-0.05, 0) is 50.6 Å². The van der Waals surface area contributed by atoms with Crippen LogP contribution in [-0.2, 0) is 11.3 Å². The van der Waals surface area contributed by atoms with Gasteiger partial charge in [-0.1, -0.05) is 41.4 Å². The van der Waals surface area contributed by atoms with E-state index in [1.54, 1.807) is 24.3 Å². The number of hydrogen-bond acceptors (Lipinski definition) is 3. The van der Waals surface area contributed by atoms with Crippen LogP contribution in [0.5, 0.6) is 0 Å². The number of nitrogens with one attached hydrogen (secondary N) is 1. The van der Waals surface area contributed by atoms with Crippen molar-refractivity contribution in [2.24, 2.45) is 5.92 Å². The number of halogens is 2. The van der Waals surface area contributed by atoms with Crippen molar-refractivity contribution in [1.82, 2.24) is 4.90 Å². The maximum absolute atomic E-state index is 12.7. The molecule has 27 heavy (non-hydrogen) atoms. The number of amides is 1. The van der Waals surface area contributed by atoms with Gasteiger partial charge in [0.05, 0.1) is 5.92 Å². The number of hydrogen-bond donors (Lipinski definition) is 1. The average molecular weight is 405 g/mol. The quantitative estimate of drug-likeness (QED) is 0.709. The Balaban J connectivity index is 1.64. The molecule has 0 spiro atoms. The number of piperidine rings is 1. The molecule has 1 heterocycles. The summed E-state index contributed by atoms with van der Waals surface area (Å²) < 4.78 is 0. The van der Waals surface area contributed by atoms with E-state index in [9.17, 15) is 9.59 Å². The summed E-state index contributed by atoms with van der Waals surface area (Å²) in [6.45, 7) is 3.70. The lowest BCUT2D eigenvalue weighted by molar-refractivity contribution is -0.121. The summed E-state index contributed by atoms with van der Waals surface area (Å²) in [6, 6.07) is 12.5. The lowest BCUT2D eigenvalue weighted by Gasteiger charge is -2.32. The highest BCUT2D eigenvalue weighted by Gasteiger charge is 2.26. The summed E-state index contributed by atoms with van der Waals surface area (Å²) in [5, 5.41) is 4.24. The first-order chi connectivity index (χ1) is 12.9. The van der Waals surface area contributed by atoms with Crippen LogP contribution in [-0.4, -0.2) is 29.7 Å². The van der Waals surface area contributed by atoms with E-state index in [-0.39, 0.29) is 17.6 Å². The molecule has 1 fully saturated rings. The second kappa shape index (κ2) is 8.87. The number of likely N-dealkylation sites (tertiary alicyclic amines) is 1. The summed E-state index contributed by atoms with van der Waals surface area (Å²) in [7, 11) is 0. The Morgan fingerprint density at radius 2 is 1.85 bits per heavy atom. The number of benzene rings is 2. The molecule has 6 heteroatoms. The Morgan fingerprint density at radius 1 is 1.15 bits per heavy atom. The molecule has 1 saturated heterocycles. The lowest BCUT2D eigenvalue weighted by atomic mass is 9.96. The Hall–Kier alpha value is -1.88. The predicted octanol–water partition coefficient (Wildman–Crippen LogP) is 5.05. The molecule has 1 unspecified atom stereocenters. The zero-order chi connectivity index (χ0) is 19.4. The van der Waals surface area contributed by atoms with Crippen molar-refractivity contribution in [3.8, 4) is 0 Å². The maximum atomic E-state index is 12.7. The molecule has 2 aromatic rings. The van der Waals surface area contributed by atoms with Crippen molar-refractivity contribution in [3.63, 3.8) is 0 Å². The van der Waals surface area contributed by atoms with Crippen LogP contribution in [0.25, 0.3) is 0 Å². The van der Waals surface area contributed by atoms with Crippen LogP contribution in [0.15, 0.2) is 42.5 Å². The molecule has 1 aliphatic heterocycles. The van der Waals surface area contributed by atoms with Crippen LogP contribution in [0.1, 0.15) is 35.7 Å². The smallest absolute Gasteiger partial charge is 0.228 e. The molecule has 0 bridgehead atoms. The number of anilines is 1. The second-order valence-corrected chi connectivity index (χ2v) is 7.72. The van der Waals surface area contributed by atoms with Gasteiger partial charge in [-0.2, -0.15) is 0 Å². The molecule has 1 amide bonds. The van der Waals surface area contributed by atoms with Crippen molar-refractivity contribution < 1.29 is 9.59 Å². The van der Waals surface area contributed by atoms with Crippen LogP contribution in [0, 0.1) is 5.92 Å². The number of carbonyl (C=O) groups is 2. The second-order valence-electron chi connectivity index (χ2n) is 6.90. The van der Waals surface area contributed by atoms with Gasteiger partial charge < -0.3 is 5.32 Å². The van der Waals surface area contributed by atoms with Gasteiger partial charge in [-0.15, -0.1) is 0 Å². The van der Waals surface area contributed by atoms with Crippen molar-refractivity contribution in [2.45, 2.75) is 26.3 Å². The summed E-state index contributed by atoms with van der Waals surface area (Å²) in [4.78, 5) is 26.4. The molecule has 1 aliphatic rings. The van der Waals surface area contributed by atoms with E-state index >= 15 is 0 Å². The van der Waals surface area contributed by atoms with Gasteiger partial charge in [0.1, 0.15) is 0 Å². The van der Waals surface area contributed by atoms with E-state index in [0.717, 1.165) is 24.9 Å². The summed E-state index contributed by atoms with van der Waals surface area (Å²) in [5.41, 5.74) is 2.14. The maximum Gasteiger partial charge on any atom is 0.228 e. The summed E-state index contributed by atoms with van der Waals surface area (Å²) in [5.74, 6) is -0.154. The van der Waals surface area contributed by atoms with E-state index < -0.39 is 0 Å². The number of rotatable bonds is 5. The lowest BCUT2D eigenvalue weighted by Crippen LogP contribution is -2.40. The van der Waals surface area contributed by atoms with E-state index in [1.807, 2.05) is 18.2 Å². The molecule has 1 atom stereocenters. The fraction of sp³-hybridized carbons (Fsp3) is 0.333. The van der Waals surface area contributed by atoms with Crippen molar-refractivity contribution in [1.29, 1.82) is 0 Å². The summed E-state index contributed by atoms with van der Waals surface area (Å²) >= 11 is 12.6. The van der Waals surface area contributed by atoms with Crippen LogP contribution in [0.2, 0.25) is 10.0 Å². The third-order valence-electron chi connectivity index (χ3n) is 4.86. The fourth-order valence-corrected chi connectivity index (χ4v) is 3.90. The molecule has 142 valence electrons. The van der Waals surface area contributed by atoms with Crippen molar-refractivity contribution in [2.75, 3.05) is 18.4 Å². The minimum atomic E-state index is -0.110. The molecule has 2 aromatic carbocycles. The predicted molar refractivity (Wildman–Crippen MR) is 110 cm³/mol. The van der Waals surface area contributed by atoms with Gasteiger partial charge in [0.25, 0.3) is 0 Å². The minimum absolute atomic E-state index is 0.0217. The first-order valence-corrected chi connectivity index (χ1v) is 9.76. The number of Topliss-reactive ketones (excluding diaryl/α,β-unsaturated/α-hetero) is 1. The Kier molecular flexibility index (Phi) is 6.53. The van der Waals surface area contributed by atoms with Gasteiger partial charge >= 0.3 is 0 Å². The molecule has 0 radical (unpaired) electrons. The van der Waals surface area contributed by atoms with Crippen LogP contribution in [0.4, 0.5) is 5.69 Å². The number of ketones is 1. The first-order valence-electron chi connectivity index (χ1n) is 9.01. The molecule has 0 saturated carbocycles. The first kappa shape index (κ1) is 19.9. The van der Waals surface area contributed by atoms with E-state index in [1.165, 1.54) is 6.92 Å². The fourth-order valence-electron chi connectivity index (χ4n) is 3.38. The molecule has 4 nitrogen and oxygen atoms in total. The standard InChI is InChI=1S/C21H22Cl2N2O2/c1-14(26)15-5-2-7-17(11-15)24-21(27)16-6-4-10-25(12-16)13-18-19(22)8-3-9-20(18)23/h2-3,5,7-9,11,16H,4,6,10,12-13H2,1H3,(H,24,27). The highest BCUT2D eigenvalue weighted by molar-refractivity contribution is 6.35. The molecular formula is C21H22Cl2N2O2. The zero-order valence-corrected chi connectivity index (χ0v) is 16.7. The Morgan fingerprint density at radius 3 is 2.56 bits per heavy atom. The van der Waals surface area contributed by atoms with Crippen LogP contribution in [0.3, 0.4) is 0 Å². The van der Waals surface area contributed by atoms with E-state index in [4.69, 9.17) is 23.2 Å². The highest BCUT2D eigenvalue weighted by Crippen LogP contribution is 2.28. The molecule has 1 N–H and O–H groups in total. The monoisotopic (exact) mass is 404 g/mol. The number of carbonyl (C=O) groups excluding carboxylic acids is 2. The van der Waals surface area contributed by atoms with Crippen molar-refractivity contribution in [3.05, 3.63) is 63.6 Å². The van der Waals surface area contributed by atoms with E-state index in [2.05, 4.69) is 10.2 Å². The SMILES string of the molecule is CC(=O)c1cccc(NC(=O)C2CCCN(Cc3c(Cl)cccc3Cl)C2)c1. The van der Waals surface area contributed by atoms with Crippen LogP contribution >= 0.6 is 23.2 Å². The van der Waals surface area contributed by atoms with E-state index in [0.29, 0.717) is 34.4 Å². The Labute approximate surface area is 169 Å². The van der Waals surface area contributed by atoms with Crippen LogP contribution < -0.4 is 5.32 Å². The van der Waals surface area contributed by atoms with Gasteiger partial charge in [0.15, 0.2) is 5.78 Å². The Bertz CT molecular complexity index is 834.